The molecule has 32 heavy (non-hydrogen) atoms. The Labute approximate surface area is 189 Å². The van der Waals surface area contributed by atoms with Crippen molar-refractivity contribution in [3.8, 4) is 11.5 Å². The number of aromatic nitrogens is 1. The Kier molecular flexibility index (Phi) is 7.18. The molecule has 0 atom stereocenters. The number of ether oxygens (including phenoxy) is 2. The zero-order valence-corrected chi connectivity index (χ0v) is 19.4. The molecule has 0 unspecified atom stereocenters. The van der Waals surface area contributed by atoms with Crippen LogP contribution in [0.4, 0.5) is 5.82 Å². The zero-order chi connectivity index (χ0) is 23.3. The Hall–Kier alpha value is -3.35. The molecule has 170 valence electrons. The second-order valence-electron chi connectivity index (χ2n) is 8.68. The molecule has 0 saturated heterocycles. The van der Waals surface area contributed by atoms with Crippen molar-refractivity contribution in [3.63, 3.8) is 0 Å². The van der Waals surface area contributed by atoms with Crippen LogP contribution in [-0.2, 0) is 16.1 Å². The molecule has 0 spiro atoms. The molecule has 7 nitrogen and oxygen atoms in total. The molecule has 0 fully saturated rings. The summed E-state index contributed by atoms with van der Waals surface area (Å²) in [6, 6.07) is 7.73. The highest BCUT2D eigenvalue weighted by atomic mass is 16.5. The number of hydrogen-bond acceptors (Lipinski definition) is 5. The minimum Gasteiger partial charge on any atom is -0.493 e. The van der Waals surface area contributed by atoms with E-state index in [9.17, 15) is 9.59 Å². The lowest BCUT2D eigenvalue weighted by molar-refractivity contribution is -0.125. The largest absolute Gasteiger partial charge is 0.493 e. The monoisotopic (exact) mass is 437 g/mol. The number of carbonyl (C=O) groups is 2. The Balaban J connectivity index is 1.69. The van der Waals surface area contributed by atoms with Crippen molar-refractivity contribution >= 4 is 23.7 Å². The van der Waals surface area contributed by atoms with Crippen molar-refractivity contribution in [1.82, 2.24) is 9.88 Å². The Morgan fingerprint density at radius 2 is 2.16 bits per heavy atom. The van der Waals surface area contributed by atoms with Crippen molar-refractivity contribution in [2.45, 2.75) is 40.7 Å². The summed E-state index contributed by atoms with van der Waals surface area (Å²) in [6.07, 6.45) is 5.72. The van der Waals surface area contributed by atoms with Crippen LogP contribution in [0.2, 0.25) is 0 Å². The summed E-state index contributed by atoms with van der Waals surface area (Å²) in [5.41, 5.74) is 2.09. The molecule has 1 N–H and O–H groups in total. The maximum Gasteiger partial charge on any atom is 0.246 e. The standard InChI is InChI=1S/C25H31N3O4/c1-6-12-31-22-17(2)8-7-9-19(22)15-28(5)21(29)11-10-18-13-20-23(26-14-18)27-24(30)25(3,4)16-32-20/h7-11,13-14H,6,12,15-16H2,1-5H3,(H,26,27,30)/b11-10+. The van der Waals surface area contributed by atoms with E-state index in [1.165, 1.54) is 6.08 Å². The summed E-state index contributed by atoms with van der Waals surface area (Å²) in [5, 5.41) is 2.79. The van der Waals surface area contributed by atoms with Gasteiger partial charge in [-0.3, -0.25) is 9.59 Å². The molecule has 1 aromatic carbocycles. The maximum atomic E-state index is 12.7. The van der Waals surface area contributed by atoms with E-state index in [4.69, 9.17) is 9.47 Å². The molecule has 2 heterocycles. The molecular formula is C25H31N3O4. The third kappa shape index (κ3) is 5.46. The van der Waals surface area contributed by atoms with Crippen LogP contribution < -0.4 is 14.8 Å². The van der Waals surface area contributed by atoms with E-state index in [1.807, 2.05) is 39.0 Å². The number of pyridine rings is 1. The smallest absolute Gasteiger partial charge is 0.246 e. The molecule has 1 aromatic heterocycles. The molecular weight excluding hydrogens is 406 g/mol. The first-order valence-corrected chi connectivity index (χ1v) is 10.8. The predicted octanol–water partition coefficient (Wildman–Crippen LogP) is 4.21. The fourth-order valence-electron chi connectivity index (χ4n) is 3.23. The van der Waals surface area contributed by atoms with Crippen LogP contribution in [-0.4, -0.2) is 42.0 Å². The quantitative estimate of drug-likeness (QED) is 0.657. The van der Waals surface area contributed by atoms with E-state index < -0.39 is 5.41 Å². The van der Waals surface area contributed by atoms with Gasteiger partial charge in [-0.2, -0.15) is 0 Å². The number of amides is 2. The van der Waals surface area contributed by atoms with Crippen LogP contribution >= 0.6 is 0 Å². The summed E-state index contributed by atoms with van der Waals surface area (Å²) < 4.78 is 11.7. The third-order valence-electron chi connectivity index (χ3n) is 5.26. The summed E-state index contributed by atoms with van der Waals surface area (Å²) >= 11 is 0. The molecule has 7 heteroatoms. The van der Waals surface area contributed by atoms with E-state index in [-0.39, 0.29) is 18.4 Å². The average molecular weight is 438 g/mol. The van der Waals surface area contributed by atoms with Gasteiger partial charge < -0.3 is 19.7 Å². The van der Waals surface area contributed by atoms with Crippen LogP contribution in [0.3, 0.4) is 0 Å². The van der Waals surface area contributed by atoms with Gasteiger partial charge in [0.2, 0.25) is 11.8 Å². The van der Waals surface area contributed by atoms with Crippen LogP contribution in [0.5, 0.6) is 11.5 Å². The van der Waals surface area contributed by atoms with Gasteiger partial charge in [0.25, 0.3) is 0 Å². The van der Waals surface area contributed by atoms with Crippen molar-refractivity contribution in [1.29, 1.82) is 0 Å². The number of fused-ring (bicyclic) bond motifs is 1. The van der Waals surface area contributed by atoms with E-state index >= 15 is 0 Å². The van der Waals surface area contributed by atoms with Gasteiger partial charge in [-0.25, -0.2) is 4.98 Å². The molecule has 1 aliphatic rings. The molecule has 3 rings (SSSR count). The molecule has 2 amide bonds. The van der Waals surface area contributed by atoms with Gasteiger partial charge in [-0.1, -0.05) is 25.1 Å². The lowest BCUT2D eigenvalue weighted by atomic mass is 9.94. The van der Waals surface area contributed by atoms with E-state index in [1.54, 1.807) is 30.3 Å². The molecule has 0 bridgehead atoms. The van der Waals surface area contributed by atoms with Crippen molar-refractivity contribution < 1.29 is 19.1 Å². The Bertz CT molecular complexity index is 1030. The summed E-state index contributed by atoms with van der Waals surface area (Å²) in [6.45, 7) is 9.04. The van der Waals surface area contributed by atoms with Crippen molar-refractivity contribution in [3.05, 3.63) is 53.2 Å². The second-order valence-corrected chi connectivity index (χ2v) is 8.68. The number of carbonyl (C=O) groups excluding carboxylic acids is 2. The minimum absolute atomic E-state index is 0.137. The topological polar surface area (TPSA) is 80.8 Å². The lowest BCUT2D eigenvalue weighted by Crippen LogP contribution is -2.33. The first kappa shape index (κ1) is 23.3. The fourth-order valence-corrected chi connectivity index (χ4v) is 3.23. The normalized spacial score (nSPS) is 14.8. The Morgan fingerprint density at radius 1 is 1.38 bits per heavy atom. The van der Waals surface area contributed by atoms with Crippen LogP contribution in [0.1, 0.15) is 43.9 Å². The van der Waals surface area contributed by atoms with Gasteiger partial charge in [-0.05, 0) is 50.5 Å². The van der Waals surface area contributed by atoms with Gasteiger partial charge in [0, 0.05) is 31.4 Å². The third-order valence-corrected chi connectivity index (χ3v) is 5.26. The number of rotatable bonds is 7. The van der Waals surface area contributed by atoms with Crippen molar-refractivity contribution in [2.75, 3.05) is 25.6 Å². The number of nitrogens with zero attached hydrogens (tertiary/aromatic N) is 2. The second kappa shape index (κ2) is 9.85. The predicted molar refractivity (Wildman–Crippen MR) is 125 cm³/mol. The van der Waals surface area contributed by atoms with Crippen LogP contribution in [0.25, 0.3) is 6.08 Å². The number of anilines is 1. The molecule has 0 saturated carbocycles. The van der Waals surface area contributed by atoms with Gasteiger partial charge in [0.1, 0.15) is 12.4 Å². The molecule has 2 aromatic rings. The number of nitrogens with one attached hydrogen (secondary N) is 1. The Morgan fingerprint density at radius 3 is 2.91 bits per heavy atom. The minimum atomic E-state index is -0.648. The van der Waals surface area contributed by atoms with Gasteiger partial charge in [-0.15, -0.1) is 0 Å². The number of aryl methyl sites for hydroxylation is 1. The lowest BCUT2D eigenvalue weighted by Gasteiger charge is -2.19. The fraction of sp³-hybridized carbons (Fsp3) is 0.400. The number of para-hydroxylation sites is 1. The van der Waals surface area contributed by atoms with Gasteiger partial charge >= 0.3 is 0 Å². The zero-order valence-electron chi connectivity index (χ0n) is 19.4. The SMILES string of the molecule is CCCOc1c(C)cccc1CN(C)C(=O)/C=C/c1cnc2c(c1)OCC(C)(C)C(=O)N2. The van der Waals surface area contributed by atoms with E-state index in [2.05, 4.69) is 17.2 Å². The highest BCUT2D eigenvalue weighted by Gasteiger charge is 2.32. The van der Waals surface area contributed by atoms with E-state index in [0.717, 1.165) is 23.3 Å². The highest BCUT2D eigenvalue weighted by Crippen LogP contribution is 2.31. The van der Waals surface area contributed by atoms with E-state index in [0.29, 0.717) is 30.3 Å². The number of likely N-dealkylation sites (N-methyl/N-ethyl adjacent to an activating group) is 1. The maximum absolute atomic E-state index is 12.7. The summed E-state index contributed by atoms with van der Waals surface area (Å²) in [7, 11) is 1.76. The molecule has 1 aliphatic heterocycles. The highest BCUT2D eigenvalue weighted by molar-refractivity contribution is 5.96. The summed E-state index contributed by atoms with van der Waals surface area (Å²) in [5.74, 6) is 1.44. The summed E-state index contributed by atoms with van der Waals surface area (Å²) in [4.78, 5) is 30.8. The van der Waals surface area contributed by atoms with Crippen molar-refractivity contribution in [2.24, 2.45) is 5.41 Å². The first-order chi connectivity index (χ1) is 15.2. The van der Waals surface area contributed by atoms with Gasteiger partial charge in [0.05, 0.1) is 12.0 Å². The first-order valence-electron chi connectivity index (χ1n) is 10.8. The number of hydrogen-bond donors (Lipinski definition) is 1. The average Bonchev–Trinajstić information content (AvgIpc) is 2.87. The molecule has 0 radical (unpaired) electrons. The van der Waals surface area contributed by atoms with Gasteiger partial charge in [0.15, 0.2) is 11.6 Å². The van der Waals surface area contributed by atoms with Crippen LogP contribution in [0.15, 0.2) is 36.5 Å². The van der Waals surface area contributed by atoms with Crippen LogP contribution in [0, 0.1) is 12.3 Å². The number of benzene rings is 1. The molecule has 0 aliphatic carbocycles.